The minimum absolute atomic E-state index is 0.183. The van der Waals surface area contributed by atoms with Gasteiger partial charge in [0.25, 0.3) is 5.91 Å². The van der Waals surface area contributed by atoms with Crippen LogP contribution < -0.4 is 15.5 Å². The summed E-state index contributed by atoms with van der Waals surface area (Å²) >= 11 is 15.2. The normalized spacial score (nSPS) is 13.3. The number of thiocarbonyl (C=S) groups is 1. The van der Waals surface area contributed by atoms with E-state index < -0.39 is 5.91 Å². The molecule has 30 heavy (non-hydrogen) atoms. The first kappa shape index (κ1) is 20.9. The van der Waals surface area contributed by atoms with Gasteiger partial charge in [-0.3, -0.25) is 10.1 Å². The molecule has 1 fully saturated rings. The summed E-state index contributed by atoms with van der Waals surface area (Å²) in [5.74, 6) is 0.376. The molecule has 154 valence electrons. The maximum Gasteiger partial charge on any atom is 0.293 e. The Morgan fingerprint density at radius 3 is 2.53 bits per heavy atom. The molecule has 0 aliphatic carbocycles. The molecule has 0 radical (unpaired) electrons. The van der Waals surface area contributed by atoms with Gasteiger partial charge in [0.1, 0.15) is 5.76 Å². The molecule has 2 N–H and O–H groups in total. The van der Waals surface area contributed by atoms with Crippen LogP contribution in [-0.4, -0.2) is 24.1 Å². The molecule has 0 saturated carbocycles. The van der Waals surface area contributed by atoms with Crippen molar-refractivity contribution in [1.29, 1.82) is 0 Å². The Morgan fingerprint density at radius 2 is 1.80 bits per heavy atom. The van der Waals surface area contributed by atoms with Crippen molar-refractivity contribution in [1.82, 2.24) is 5.32 Å². The summed E-state index contributed by atoms with van der Waals surface area (Å²) in [7, 11) is 0. The molecule has 1 saturated heterocycles. The number of nitrogens with zero attached hydrogens (tertiary/aromatic N) is 1. The second kappa shape index (κ2) is 9.20. The first-order chi connectivity index (χ1) is 14.5. The number of para-hydroxylation sites is 1. The zero-order valence-electron chi connectivity index (χ0n) is 16.0. The van der Waals surface area contributed by atoms with E-state index in [0.29, 0.717) is 10.8 Å². The Bertz CT molecular complexity index is 1080. The molecule has 1 aliphatic rings. The van der Waals surface area contributed by atoms with Gasteiger partial charge in [-0.15, -0.1) is 0 Å². The maximum atomic E-state index is 12.6. The molecule has 1 aromatic heterocycles. The highest BCUT2D eigenvalue weighted by atomic mass is 79.9. The molecular formula is C22H19BrClN3O2S. The van der Waals surface area contributed by atoms with Crippen LogP contribution in [0.1, 0.15) is 23.4 Å². The summed E-state index contributed by atoms with van der Waals surface area (Å²) in [6, 6.07) is 16.7. The lowest BCUT2D eigenvalue weighted by Gasteiger charge is -2.23. The summed E-state index contributed by atoms with van der Waals surface area (Å²) in [5.41, 5.74) is 2.56. The minimum Gasteiger partial charge on any atom is -0.451 e. The third-order valence-corrected chi connectivity index (χ3v) is 5.88. The number of carbonyl (C=O) groups excluding carboxylic acids is 1. The number of benzene rings is 2. The van der Waals surface area contributed by atoms with E-state index in [9.17, 15) is 4.79 Å². The number of amides is 1. The molecule has 2 aromatic carbocycles. The van der Waals surface area contributed by atoms with Gasteiger partial charge < -0.3 is 14.6 Å². The van der Waals surface area contributed by atoms with Crippen LogP contribution in [-0.2, 0) is 0 Å². The van der Waals surface area contributed by atoms with Crippen LogP contribution in [0.5, 0.6) is 0 Å². The molecule has 4 rings (SSSR count). The third-order valence-electron chi connectivity index (χ3n) is 4.84. The number of rotatable bonds is 4. The molecule has 1 aliphatic heterocycles. The van der Waals surface area contributed by atoms with Gasteiger partial charge in [-0.2, -0.15) is 0 Å². The predicted octanol–water partition coefficient (Wildman–Crippen LogP) is 6.09. The van der Waals surface area contributed by atoms with Crippen molar-refractivity contribution in [3.8, 4) is 11.3 Å². The van der Waals surface area contributed by atoms with Gasteiger partial charge in [-0.05, 0) is 61.5 Å². The summed E-state index contributed by atoms with van der Waals surface area (Å²) in [6.45, 7) is 1.89. The number of halogens is 2. The fourth-order valence-electron chi connectivity index (χ4n) is 3.43. The van der Waals surface area contributed by atoms with E-state index in [4.69, 9.17) is 28.2 Å². The number of nitrogens with one attached hydrogen (secondary N) is 2. The fourth-order valence-corrected chi connectivity index (χ4v) is 4.19. The van der Waals surface area contributed by atoms with E-state index in [1.54, 1.807) is 12.1 Å². The fraction of sp³-hybridized carbons (Fsp3) is 0.182. The van der Waals surface area contributed by atoms with Crippen LogP contribution in [0.4, 0.5) is 11.4 Å². The van der Waals surface area contributed by atoms with Crippen LogP contribution in [0.3, 0.4) is 0 Å². The van der Waals surface area contributed by atoms with Gasteiger partial charge >= 0.3 is 0 Å². The quantitative estimate of drug-likeness (QED) is 0.421. The Kier molecular flexibility index (Phi) is 6.41. The summed E-state index contributed by atoms with van der Waals surface area (Å²) in [6.07, 6.45) is 2.26. The number of carbonyl (C=O) groups is 1. The Morgan fingerprint density at radius 1 is 1.07 bits per heavy atom. The molecule has 2 heterocycles. The largest absolute Gasteiger partial charge is 0.451 e. The Hall–Kier alpha value is -2.35. The van der Waals surface area contributed by atoms with Crippen LogP contribution >= 0.6 is 39.7 Å². The number of hydrogen-bond acceptors (Lipinski definition) is 4. The van der Waals surface area contributed by atoms with E-state index in [1.807, 2.05) is 42.5 Å². The van der Waals surface area contributed by atoms with Crippen molar-refractivity contribution in [2.75, 3.05) is 23.3 Å². The second-order valence-corrected chi connectivity index (χ2v) is 8.64. The average molecular weight is 505 g/mol. The van der Waals surface area contributed by atoms with Gasteiger partial charge in [0.05, 0.1) is 16.4 Å². The zero-order chi connectivity index (χ0) is 21.1. The van der Waals surface area contributed by atoms with Gasteiger partial charge in [0.15, 0.2) is 10.9 Å². The zero-order valence-corrected chi connectivity index (χ0v) is 19.1. The van der Waals surface area contributed by atoms with Gasteiger partial charge in [-0.25, -0.2) is 0 Å². The van der Waals surface area contributed by atoms with Crippen molar-refractivity contribution in [2.24, 2.45) is 0 Å². The van der Waals surface area contributed by atoms with Crippen LogP contribution in [0.25, 0.3) is 11.3 Å². The summed E-state index contributed by atoms with van der Waals surface area (Å²) in [5, 5.41) is 6.61. The molecule has 0 atom stereocenters. The monoisotopic (exact) mass is 503 g/mol. The van der Waals surface area contributed by atoms with E-state index in [-0.39, 0.29) is 10.9 Å². The molecule has 1 amide bonds. The predicted molar refractivity (Wildman–Crippen MR) is 128 cm³/mol. The highest BCUT2D eigenvalue weighted by Gasteiger charge is 2.20. The molecule has 0 bridgehead atoms. The van der Waals surface area contributed by atoms with Crippen molar-refractivity contribution in [2.45, 2.75) is 12.8 Å². The van der Waals surface area contributed by atoms with Gasteiger partial charge in [0.2, 0.25) is 0 Å². The highest BCUT2D eigenvalue weighted by Crippen LogP contribution is 2.36. The molecule has 0 spiro atoms. The average Bonchev–Trinajstić information content (AvgIpc) is 3.41. The topological polar surface area (TPSA) is 57.5 Å². The molecule has 8 heteroatoms. The SMILES string of the molecule is O=C(NC(=S)Nc1cccc(Cl)c1N1CCCC1)c1ccc(-c2ccc(Br)cc2)o1. The van der Waals surface area contributed by atoms with Crippen LogP contribution in [0, 0.1) is 0 Å². The number of anilines is 2. The standard InChI is InChI=1S/C22H19BrClN3O2S/c23-15-8-6-14(7-9-15)18-10-11-19(29-18)21(28)26-22(30)25-17-5-3-4-16(24)20(17)27-12-1-2-13-27/h3-11H,1-2,12-13H2,(H2,25,26,28,30). The smallest absolute Gasteiger partial charge is 0.293 e. The Labute approximate surface area is 193 Å². The van der Waals surface area contributed by atoms with Crippen molar-refractivity contribution < 1.29 is 9.21 Å². The minimum atomic E-state index is -0.416. The number of furan rings is 1. The maximum absolute atomic E-state index is 12.6. The first-order valence-corrected chi connectivity index (χ1v) is 11.1. The summed E-state index contributed by atoms with van der Waals surface area (Å²) in [4.78, 5) is 14.8. The number of hydrogen-bond donors (Lipinski definition) is 2. The van der Waals surface area contributed by atoms with E-state index in [0.717, 1.165) is 47.3 Å². The van der Waals surface area contributed by atoms with Crippen molar-refractivity contribution >= 4 is 62.1 Å². The van der Waals surface area contributed by atoms with Crippen molar-refractivity contribution in [3.63, 3.8) is 0 Å². The lowest BCUT2D eigenvalue weighted by Crippen LogP contribution is -2.34. The molecule has 0 unspecified atom stereocenters. The molecular weight excluding hydrogens is 486 g/mol. The van der Waals surface area contributed by atoms with E-state index in [2.05, 4.69) is 31.5 Å². The molecule has 5 nitrogen and oxygen atoms in total. The van der Waals surface area contributed by atoms with E-state index in [1.165, 1.54) is 0 Å². The highest BCUT2D eigenvalue weighted by molar-refractivity contribution is 9.10. The van der Waals surface area contributed by atoms with Gasteiger partial charge in [0, 0.05) is 23.1 Å². The van der Waals surface area contributed by atoms with Crippen LogP contribution in [0.15, 0.2) is 63.5 Å². The Balaban J connectivity index is 1.44. The van der Waals surface area contributed by atoms with E-state index >= 15 is 0 Å². The lowest BCUT2D eigenvalue weighted by atomic mass is 10.2. The second-order valence-electron chi connectivity index (χ2n) is 6.91. The molecule has 3 aromatic rings. The summed E-state index contributed by atoms with van der Waals surface area (Å²) < 4.78 is 6.68. The van der Waals surface area contributed by atoms with Gasteiger partial charge in [-0.1, -0.05) is 45.7 Å². The van der Waals surface area contributed by atoms with Crippen LogP contribution in [0.2, 0.25) is 5.02 Å². The lowest BCUT2D eigenvalue weighted by molar-refractivity contribution is 0.0951. The third kappa shape index (κ3) is 4.69. The first-order valence-electron chi connectivity index (χ1n) is 9.53. The van der Waals surface area contributed by atoms with Crippen molar-refractivity contribution in [3.05, 3.63) is 69.9 Å².